The topological polar surface area (TPSA) is 78.4 Å². The number of carbonyl (C=O) groups is 2. The maximum Gasteiger partial charge on any atom is 0.326 e. The minimum Gasteiger partial charge on any atom is -0.480 e. The summed E-state index contributed by atoms with van der Waals surface area (Å²) in [5, 5.41) is 14.3. The lowest BCUT2D eigenvalue weighted by molar-refractivity contribution is -0.139. The van der Waals surface area contributed by atoms with Crippen LogP contribution in [0.1, 0.15) is 46.5 Å². The highest BCUT2D eigenvalue weighted by Gasteiger charge is 2.40. The largest absolute Gasteiger partial charge is 0.480 e. The second kappa shape index (κ2) is 6.07. The first-order valence-electron chi connectivity index (χ1n) is 6.66. The predicted molar refractivity (Wildman–Crippen MR) is 69.4 cm³/mol. The summed E-state index contributed by atoms with van der Waals surface area (Å²) >= 11 is 0. The van der Waals surface area contributed by atoms with Gasteiger partial charge < -0.3 is 15.7 Å². The molecule has 1 saturated carbocycles. The van der Waals surface area contributed by atoms with E-state index in [1.165, 1.54) is 0 Å². The van der Waals surface area contributed by atoms with Crippen molar-refractivity contribution < 1.29 is 14.7 Å². The zero-order valence-electron chi connectivity index (χ0n) is 11.5. The molecule has 1 aliphatic rings. The molecule has 5 nitrogen and oxygen atoms in total. The average Bonchev–Trinajstić information content (AvgIpc) is 3.05. The van der Waals surface area contributed by atoms with Crippen LogP contribution in [0.5, 0.6) is 0 Å². The van der Waals surface area contributed by atoms with E-state index in [4.69, 9.17) is 5.11 Å². The quantitative estimate of drug-likeness (QED) is 0.651. The van der Waals surface area contributed by atoms with Crippen LogP contribution in [-0.2, 0) is 4.79 Å². The highest BCUT2D eigenvalue weighted by molar-refractivity contribution is 5.82. The van der Waals surface area contributed by atoms with Crippen molar-refractivity contribution in [3.8, 4) is 0 Å². The van der Waals surface area contributed by atoms with Crippen molar-refractivity contribution >= 4 is 12.0 Å². The van der Waals surface area contributed by atoms with E-state index in [9.17, 15) is 9.59 Å². The molecule has 0 radical (unpaired) electrons. The van der Waals surface area contributed by atoms with E-state index >= 15 is 0 Å². The summed E-state index contributed by atoms with van der Waals surface area (Å²) in [5.74, 6) is -0.743. The number of nitrogens with one attached hydrogen (secondary N) is 2. The first-order valence-corrected chi connectivity index (χ1v) is 6.66. The number of rotatable bonds is 7. The lowest BCUT2D eigenvalue weighted by Gasteiger charge is -2.18. The lowest BCUT2D eigenvalue weighted by atomic mass is 10.0. The smallest absolute Gasteiger partial charge is 0.326 e. The van der Waals surface area contributed by atoms with Gasteiger partial charge in [0.25, 0.3) is 0 Å². The van der Waals surface area contributed by atoms with Crippen LogP contribution in [0.4, 0.5) is 4.79 Å². The van der Waals surface area contributed by atoms with Crippen molar-refractivity contribution in [3.05, 3.63) is 0 Å². The Labute approximate surface area is 108 Å². The van der Waals surface area contributed by atoms with Gasteiger partial charge in [-0.05, 0) is 37.0 Å². The van der Waals surface area contributed by atoms with Crippen molar-refractivity contribution in [1.82, 2.24) is 10.6 Å². The molecule has 0 spiro atoms. The Morgan fingerprint density at radius 1 is 1.33 bits per heavy atom. The molecule has 2 amide bonds. The number of carboxylic acid groups (broad SMARTS) is 1. The fraction of sp³-hybridized carbons (Fsp3) is 0.846. The summed E-state index contributed by atoms with van der Waals surface area (Å²) in [6.45, 7) is 6.63. The third-order valence-corrected chi connectivity index (χ3v) is 3.64. The molecule has 1 fully saturated rings. The van der Waals surface area contributed by atoms with Crippen LogP contribution in [0, 0.1) is 11.3 Å². The van der Waals surface area contributed by atoms with Gasteiger partial charge in [0.05, 0.1) is 0 Å². The molecule has 3 N–H and O–H groups in total. The number of aliphatic carboxylic acids is 1. The summed E-state index contributed by atoms with van der Waals surface area (Å²) in [4.78, 5) is 22.6. The standard InChI is InChI=1S/C13H24N2O3/c1-4-13(5-6-13)8-14-12(18)15-10(11(16)17)7-9(2)3/h9-10H,4-8H2,1-3H3,(H,16,17)(H2,14,15,18)/t10-/m0/s1. The number of amides is 2. The monoisotopic (exact) mass is 256 g/mol. The van der Waals surface area contributed by atoms with Gasteiger partial charge in [-0.2, -0.15) is 0 Å². The molecule has 0 saturated heterocycles. The predicted octanol–water partition coefficient (Wildman–Crippen LogP) is 1.98. The van der Waals surface area contributed by atoms with E-state index in [-0.39, 0.29) is 17.4 Å². The van der Waals surface area contributed by atoms with Crippen molar-refractivity contribution in [3.63, 3.8) is 0 Å². The zero-order valence-corrected chi connectivity index (χ0v) is 11.5. The molecule has 1 atom stereocenters. The van der Waals surface area contributed by atoms with Crippen molar-refractivity contribution in [2.24, 2.45) is 11.3 Å². The minimum atomic E-state index is -0.976. The molecule has 1 aliphatic carbocycles. The van der Waals surface area contributed by atoms with Gasteiger partial charge in [0.15, 0.2) is 0 Å². The normalized spacial score (nSPS) is 18.2. The van der Waals surface area contributed by atoms with Crippen LogP contribution in [-0.4, -0.2) is 29.7 Å². The summed E-state index contributed by atoms with van der Waals surface area (Å²) in [6, 6.07) is -1.18. The minimum absolute atomic E-state index is 0.233. The number of urea groups is 1. The summed E-state index contributed by atoms with van der Waals surface area (Å²) in [5.41, 5.74) is 0.272. The number of hydrogen-bond acceptors (Lipinski definition) is 2. The number of carboxylic acids is 1. The van der Waals surface area contributed by atoms with Gasteiger partial charge in [-0.3, -0.25) is 0 Å². The van der Waals surface area contributed by atoms with Crippen molar-refractivity contribution in [1.29, 1.82) is 0 Å². The molecule has 0 bridgehead atoms. The van der Waals surface area contributed by atoms with Crippen molar-refractivity contribution in [2.45, 2.75) is 52.5 Å². The number of carbonyl (C=O) groups excluding carboxylic acids is 1. The van der Waals surface area contributed by atoms with Gasteiger partial charge in [0.2, 0.25) is 0 Å². The molecule has 5 heteroatoms. The molecule has 0 aliphatic heterocycles. The van der Waals surface area contributed by atoms with E-state index in [2.05, 4.69) is 17.6 Å². The van der Waals surface area contributed by atoms with Crippen LogP contribution < -0.4 is 10.6 Å². The number of hydrogen-bond donors (Lipinski definition) is 3. The third-order valence-electron chi connectivity index (χ3n) is 3.64. The van der Waals surface area contributed by atoms with Gasteiger partial charge >= 0.3 is 12.0 Å². The molecule has 0 aromatic carbocycles. The van der Waals surface area contributed by atoms with Gasteiger partial charge in [-0.25, -0.2) is 9.59 Å². The van der Waals surface area contributed by atoms with Crippen LogP contribution in [0.25, 0.3) is 0 Å². The van der Waals surface area contributed by atoms with E-state index in [0.717, 1.165) is 19.3 Å². The van der Waals surface area contributed by atoms with Gasteiger partial charge in [-0.15, -0.1) is 0 Å². The van der Waals surface area contributed by atoms with E-state index in [0.29, 0.717) is 13.0 Å². The zero-order chi connectivity index (χ0) is 13.8. The van der Waals surface area contributed by atoms with Crippen LogP contribution >= 0.6 is 0 Å². The Morgan fingerprint density at radius 3 is 2.33 bits per heavy atom. The molecule has 1 rings (SSSR count). The molecule has 18 heavy (non-hydrogen) atoms. The highest BCUT2D eigenvalue weighted by atomic mass is 16.4. The fourth-order valence-electron chi connectivity index (χ4n) is 2.00. The summed E-state index contributed by atoms with van der Waals surface area (Å²) < 4.78 is 0. The molecular weight excluding hydrogens is 232 g/mol. The first kappa shape index (κ1) is 14.8. The lowest BCUT2D eigenvalue weighted by Crippen LogP contribution is -2.47. The van der Waals surface area contributed by atoms with Crippen LogP contribution in [0.3, 0.4) is 0 Å². The van der Waals surface area contributed by atoms with Crippen molar-refractivity contribution in [2.75, 3.05) is 6.54 Å². The Balaban J connectivity index is 2.34. The Hall–Kier alpha value is -1.26. The molecule has 0 aromatic rings. The molecular formula is C13H24N2O3. The molecule has 0 unspecified atom stereocenters. The third kappa shape index (κ3) is 4.55. The van der Waals surface area contributed by atoms with E-state index < -0.39 is 12.0 Å². The average molecular weight is 256 g/mol. The maximum atomic E-state index is 11.6. The first-order chi connectivity index (χ1) is 8.38. The van der Waals surface area contributed by atoms with E-state index in [1.807, 2.05) is 13.8 Å². The molecule has 104 valence electrons. The van der Waals surface area contributed by atoms with Crippen LogP contribution in [0.15, 0.2) is 0 Å². The second-order valence-corrected chi connectivity index (χ2v) is 5.70. The summed E-state index contributed by atoms with van der Waals surface area (Å²) in [7, 11) is 0. The van der Waals surface area contributed by atoms with E-state index in [1.54, 1.807) is 0 Å². The highest BCUT2D eigenvalue weighted by Crippen LogP contribution is 2.47. The summed E-state index contributed by atoms with van der Waals surface area (Å²) in [6.07, 6.45) is 3.81. The van der Waals surface area contributed by atoms with Gasteiger partial charge in [-0.1, -0.05) is 20.8 Å². The van der Waals surface area contributed by atoms with Gasteiger partial charge in [0.1, 0.15) is 6.04 Å². The SMILES string of the molecule is CCC1(CNC(=O)N[C@@H](CC(C)C)C(=O)O)CC1. The maximum absolute atomic E-state index is 11.6. The van der Waals surface area contributed by atoms with Gasteiger partial charge in [0, 0.05) is 6.54 Å². The molecule has 0 aromatic heterocycles. The van der Waals surface area contributed by atoms with Crippen LogP contribution in [0.2, 0.25) is 0 Å². The Morgan fingerprint density at radius 2 is 1.94 bits per heavy atom. The fourth-order valence-corrected chi connectivity index (χ4v) is 2.00. The Kier molecular flexibility index (Phi) is 4.99. The second-order valence-electron chi connectivity index (χ2n) is 5.70. The molecule has 0 heterocycles. The Bertz CT molecular complexity index is 311.